The van der Waals surface area contributed by atoms with E-state index in [0.717, 1.165) is 6.21 Å². The normalized spacial score (nSPS) is 11.2. The van der Waals surface area contributed by atoms with Gasteiger partial charge < -0.3 is 9.52 Å². The number of carbonyl (C=O) groups is 1. The summed E-state index contributed by atoms with van der Waals surface area (Å²) in [6.45, 7) is 1.60. The lowest BCUT2D eigenvalue weighted by Gasteiger charge is -2.06. The van der Waals surface area contributed by atoms with Gasteiger partial charge in [0.05, 0.1) is 11.8 Å². The van der Waals surface area contributed by atoms with Crippen molar-refractivity contribution in [3.63, 3.8) is 0 Å². The van der Waals surface area contributed by atoms with Crippen molar-refractivity contribution in [1.29, 1.82) is 0 Å². The SMILES string of the molecule is Cc1c(C(=O)O)cccc1-c1ccc(C=NNc2c(F)c(F)c(F)c(F)c2F)o1. The molecule has 0 radical (unpaired) electrons. The molecule has 0 aliphatic carbocycles. The summed E-state index contributed by atoms with van der Waals surface area (Å²) in [5.41, 5.74) is 1.49. The lowest BCUT2D eigenvalue weighted by Crippen LogP contribution is -2.06. The van der Waals surface area contributed by atoms with E-state index < -0.39 is 40.7 Å². The van der Waals surface area contributed by atoms with Crippen LogP contribution in [0.1, 0.15) is 21.7 Å². The summed E-state index contributed by atoms with van der Waals surface area (Å²) >= 11 is 0. The number of aromatic carboxylic acids is 1. The highest BCUT2D eigenvalue weighted by molar-refractivity contribution is 5.91. The van der Waals surface area contributed by atoms with Crippen LogP contribution in [0.2, 0.25) is 0 Å². The van der Waals surface area contributed by atoms with E-state index in [1.54, 1.807) is 18.4 Å². The maximum atomic E-state index is 13.6. The summed E-state index contributed by atoms with van der Waals surface area (Å²) in [7, 11) is 0. The Morgan fingerprint density at radius 2 is 1.62 bits per heavy atom. The van der Waals surface area contributed by atoms with Crippen molar-refractivity contribution < 1.29 is 36.3 Å². The summed E-state index contributed by atoms with van der Waals surface area (Å²) in [5, 5.41) is 12.6. The van der Waals surface area contributed by atoms with Crippen LogP contribution in [0.25, 0.3) is 11.3 Å². The molecule has 0 fully saturated rings. The molecule has 0 unspecified atom stereocenters. The van der Waals surface area contributed by atoms with Crippen LogP contribution >= 0.6 is 0 Å². The zero-order chi connectivity index (χ0) is 21.3. The molecule has 0 amide bonds. The topological polar surface area (TPSA) is 74.8 Å². The number of furan rings is 1. The predicted octanol–water partition coefficient (Wildman–Crippen LogP) is 5.09. The number of nitrogens with zero attached hydrogens (tertiary/aromatic N) is 1. The van der Waals surface area contributed by atoms with E-state index in [1.807, 2.05) is 0 Å². The highest BCUT2D eigenvalue weighted by Gasteiger charge is 2.25. The molecule has 0 saturated carbocycles. The zero-order valence-corrected chi connectivity index (χ0v) is 14.6. The molecular weight excluding hydrogens is 399 g/mol. The Balaban J connectivity index is 1.85. The van der Waals surface area contributed by atoms with Gasteiger partial charge in [0, 0.05) is 5.56 Å². The molecule has 3 rings (SSSR count). The van der Waals surface area contributed by atoms with Crippen molar-refractivity contribution in [3.8, 4) is 11.3 Å². The second-order valence-corrected chi connectivity index (χ2v) is 5.80. The number of hydrazone groups is 1. The van der Waals surface area contributed by atoms with Crippen molar-refractivity contribution in [2.24, 2.45) is 5.10 Å². The average molecular weight is 410 g/mol. The highest BCUT2D eigenvalue weighted by Crippen LogP contribution is 2.28. The second kappa shape index (κ2) is 7.74. The van der Waals surface area contributed by atoms with Gasteiger partial charge in [0.1, 0.15) is 17.2 Å². The molecule has 1 aromatic heterocycles. The van der Waals surface area contributed by atoms with Gasteiger partial charge in [0.25, 0.3) is 0 Å². The first-order valence-electron chi connectivity index (χ1n) is 7.96. The van der Waals surface area contributed by atoms with Gasteiger partial charge in [-0.2, -0.15) is 5.10 Å². The molecule has 0 spiro atoms. The number of nitrogens with one attached hydrogen (secondary N) is 1. The number of carboxylic acids is 1. The minimum atomic E-state index is -2.27. The number of hydrogen-bond acceptors (Lipinski definition) is 4. The molecule has 1 heterocycles. The lowest BCUT2D eigenvalue weighted by molar-refractivity contribution is 0.0696. The minimum absolute atomic E-state index is 0.0801. The molecule has 0 atom stereocenters. The van der Waals surface area contributed by atoms with Crippen LogP contribution < -0.4 is 5.43 Å². The molecule has 3 aromatic rings. The fourth-order valence-electron chi connectivity index (χ4n) is 2.56. The van der Waals surface area contributed by atoms with Crippen molar-refractivity contribution in [2.75, 3.05) is 5.43 Å². The first-order chi connectivity index (χ1) is 13.7. The van der Waals surface area contributed by atoms with E-state index in [-0.39, 0.29) is 11.3 Å². The Hall–Kier alpha value is -3.69. The van der Waals surface area contributed by atoms with Gasteiger partial charge in [0.2, 0.25) is 5.82 Å². The van der Waals surface area contributed by atoms with Crippen LogP contribution in [-0.4, -0.2) is 17.3 Å². The fraction of sp³-hybridized carbons (Fsp3) is 0.0526. The van der Waals surface area contributed by atoms with Gasteiger partial charge in [-0.05, 0) is 30.7 Å². The van der Waals surface area contributed by atoms with E-state index in [2.05, 4.69) is 5.10 Å². The number of anilines is 1. The van der Waals surface area contributed by atoms with Gasteiger partial charge >= 0.3 is 5.97 Å². The third kappa shape index (κ3) is 3.68. The van der Waals surface area contributed by atoms with Gasteiger partial charge in [-0.15, -0.1) is 0 Å². The summed E-state index contributed by atoms with van der Waals surface area (Å²) < 4.78 is 71.9. The van der Waals surface area contributed by atoms with E-state index in [4.69, 9.17) is 9.52 Å². The summed E-state index contributed by atoms with van der Waals surface area (Å²) in [6, 6.07) is 7.53. The van der Waals surface area contributed by atoms with Gasteiger partial charge in [-0.25, -0.2) is 26.7 Å². The Labute approximate surface area is 160 Å². The van der Waals surface area contributed by atoms with Crippen LogP contribution in [0.5, 0.6) is 0 Å². The maximum absolute atomic E-state index is 13.6. The van der Waals surface area contributed by atoms with Crippen LogP contribution in [0, 0.1) is 36.0 Å². The molecular formula is C19H11F5N2O3. The van der Waals surface area contributed by atoms with Gasteiger partial charge in [0.15, 0.2) is 23.3 Å². The monoisotopic (exact) mass is 410 g/mol. The largest absolute Gasteiger partial charge is 0.478 e. The van der Waals surface area contributed by atoms with Crippen molar-refractivity contribution in [3.05, 3.63) is 76.3 Å². The van der Waals surface area contributed by atoms with Gasteiger partial charge in [-0.1, -0.05) is 12.1 Å². The van der Waals surface area contributed by atoms with Crippen molar-refractivity contribution in [2.45, 2.75) is 6.92 Å². The van der Waals surface area contributed by atoms with E-state index in [0.29, 0.717) is 16.9 Å². The number of carboxylic acid groups (broad SMARTS) is 1. The second-order valence-electron chi connectivity index (χ2n) is 5.80. The van der Waals surface area contributed by atoms with Crippen LogP contribution in [0.15, 0.2) is 39.9 Å². The molecule has 0 aliphatic rings. The number of halogens is 5. The quantitative estimate of drug-likeness (QED) is 0.202. The van der Waals surface area contributed by atoms with Crippen molar-refractivity contribution >= 4 is 17.9 Å². The third-order valence-electron chi connectivity index (χ3n) is 4.03. The standard InChI is InChI=1S/C19H11F5N2O3/c1-8-10(3-2-4-11(8)19(27)28)12-6-5-9(29-12)7-25-26-18-16(23)14(21)13(20)15(22)17(18)24/h2-7,26H,1H3,(H,27,28). The molecule has 150 valence electrons. The van der Waals surface area contributed by atoms with E-state index >= 15 is 0 Å². The molecule has 2 aromatic carbocycles. The molecule has 0 bridgehead atoms. The van der Waals surface area contributed by atoms with Crippen molar-refractivity contribution in [1.82, 2.24) is 0 Å². The summed E-state index contributed by atoms with van der Waals surface area (Å²) in [6.07, 6.45) is 0.956. The van der Waals surface area contributed by atoms with E-state index in [9.17, 15) is 26.7 Å². The summed E-state index contributed by atoms with van der Waals surface area (Å²) in [5.74, 6) is -11.3. The molecule has 29 heavy (non-hydrogen) atoms. The average Bonchev–Trinajstić information content (AvgIpc) is 3.16. The zero-order valence-electron chi connectivity index (χ0n) is 14.6. The first-order valence-corrected chi connectivity index (χ1v) is 7.96. The third-order valence-corrected chi connectivity index (χ3v) is 4.03. The Morgan fingerprint density at radius 3 is 2.24 bits per heavy atom. The number of rotatable bonds is 5. The fourth-order valence-corrected chi connectivity index (χ4v) is 2.56. The number of hydrogen-bond donors (Lipinski definition) is 2. The smallest absolute Gasteiger partial charge is 0.335 e. The van der Waals surface area contributed by atoms with Crippen LogP contribution in [0.4, 0.5) is 27.6 Å². The van der Waals surface area contributed by atoms with Gasteiger partial charge in [-0.3, -0.25) is 5.43 Å². The summed E-state index contributed by atoms with van der Waals surface area (Å²) in [4.78, 5) is 11.2. The predicted molar refractivity (Wildman–Crippen MR) is 93.3 cm³/mol. The number of benzene rings is 2. The molecule has 10 heteroatoms. The van der Waals surface area contributed by atoms with Crippen LogP contribution in [0.3, 0.4) is 0 Å². The minimum Gasteiger partial charge on any atom is -0.478 e. The maximum Gasteiger partial charge on any atom is 0.335 e. The Kier molecular flexibility index (Phi) is 5.35. The lowest BCUT2D eigenvalue weighted by atomic mass is 10.0. The highest BCUT2D eigenvalue weighted by atomic mass is 19.2. The molecule has 0 saturated heterocycles. The molecule has 2 N–H and O–H groups in total. The Bertz CT molecular complexity index is 1110. The Morgan fingerprint density at radius 1 is 1.00 bits per heavy atom. The van der Waals surface area contributed by atoms with Crippen LogP contribution in [-0.2, 0) is 0 Å². The first kappa shape index (κ1) is 20.1. The van der Waals surface area contributed by atoms with E-state index in [1.165, 1.54) is 24.3 Å². The molecule has 5 nitrogen and oxygen atoms in total. The molecule has 0 aliphatic heterocycles.